The third-order valence-corrected chi connectivity index (χ3v) is 4.25. The Kier molecular flexibility index (Phi) is 6.37. The molecule has 0 aliphatic heterocycles. The van der Waals surface area contributed by atoms with Crippen molar-refractivity contribution in [2.75, 3.05) is 20.3 Å². The smallest absolute Gasteiger partial charge is 0.343 e. The topological polar surface area (TPSA) is 97.2 Å². The van der Waals surface area contributed by atoms with Crippen LogP contribution in [0.2, 0.25) is 5.02 Å². The molecule has 3 aromatic rings. The van der Waals surface area contributed by atoms with Crippen molar-refractivity contribution in [2.24, 2.45) is 0 Å². The fraction of sp³-hybridized carbons (Fsp3) is 0.190. The zero-order valence-electron chi connectivity index (χ0n) is 15.9. The largest absolute Gasteiger partial charge is 0.490 e. The molecule has 8 heteroatoms. The molecule has 1 heterocycles. The summed E-state index contributed by atoms with van der Waals surface area (Å²) in [6, 6.07) is 13.0. The van der Waals surface area contributed by atoms with Crippen LogP contribution in [0, 0.1) is 11.3 Å². The third-order valence-electron chi connectivity index (χ3n) is 3.97. The minimum Gasteiger partial charge on any atom is -0.490 e. The number of nitrogens with one attached hydrogen (secondary N) is 1. The zero-order chi connectivity index (χ0) is 20.8. The van der Waals surface area contributed by atoms with Gasteiger partial charge >= 0.3 is 5.97 Å². The molecule has 148 valence electrons. The summed E-state index contributed by atoms with van der Waals surface area (Å²) in [5, 5.41) is 9.86. The quantitative estimate of drug-likeness (QED) is 0.461. The number of para-hydroxylation sites is 2. The van der Waals surface area contributed by atoms with E-state index >= 15 is 0 Å². The molecule has 2 aromatic carbocycles. The van der Waals surface area contributed by atoms with Crippen LogP contribution in [0.1, 0.15) is 18.3 Å². The van der Waals surface area contributed by atoms with E-state index in [4.69, 9.17) is 21.1 Å². The van der Waals surface area contributed by atoms with Crippen LogP contribution in [0.25, 0.3) is 22.7 Å². The lowest BCUT2D eigenvalue weighted by Gasteiger charge is -2.14. The summed E-state index contributed by atoms with van der Waals surface area (Å²) < 4.78 is 15.6. The lowest BCUT2D eigenvalue weighted by atomic mass is 10.1. The molecule has 0 radical (unpaired) electrons. The average molecular weight is 412 g/mol. The van der Waals surface area contributed by atoms with Crippen LogP contribution < -0.4 is 9.47 Å². The van der Waals surface area contributed by atoms with Crippen molar-refractivity contribution in [3.05, 3.63) is 52.8 Å². The minimum absolute atomic E-state index is 0.235. The number of carbonyl (C=O) groups is 1. The number of methoxy groups -OCH3 is 1. The molecule has 1 aromatic heterocycles. The first-order valence-corrected chi connectivity index (χ1v) is 9.16. The number of benzene rings is 2. The highest BCUT2D eigenvalue weighted by Gasteiger charge is 2.15. The lowest BCUT2D eigenvalue weighted by Crippen LogP contribution is -2.13. The van der Waals surface area contributed by atoms with Crippen molar-refractivity contribution in [2.45, 2.75) is 6.92 Å². The van der Waals surface area contributed by atoms with Crippen molar-refractivity contribution in [1.29, 1.82) is 5.26 Å². The summed E-state index contributed by atoms with van der Waals surface area (Å²) in [6.07, 6.45) is 1.65. The molecule has 0 spiro atoms. The lowest BCUT2D eigenvalue weighted by molar-refractivity contribution is -0.142. The number of ether oxygens (including phenoxy) is 3. The van der Waals surface area contributed by atoms with E-state index in [2.05, 4.69) is 20.8 Å². The fourth-order valence-corrected chi connectivity index (χ4v) is 2.94. The van der Waals surface area contributed by atoms with Crippen molar-refractivity contribution in [1.82, 2.24) is 9.97 Å². The maximum absolute atomic E-state index is 11.4. The third kappa shape index (κ3) is 4.68. The number of hydrogen-bond acceptors (Lipinski definition) is 6. The first-order chi connectivity index (χ1) is 14.0. The molecule has 0 fully saturated rings. The summed E-state index contributed by atoms with van der Waals surface area (Å²) in [5.41, 5.74) is 2.57. The minimum atomic E-state index is -0.538. The van der Waals surface area contributed by atoms with Crippen molar-refractivity contribution in [3.63, 3.8) is 0 Å². The molecule has 0 amide bonds. The summed E-state index contributed by atoms with van der Waals surface area (Å²) >= 11 is 6.34. The Morgan fingerprint density at radius 3 is 2.79 bits per heavy atom. The van der Waals surface area contributed by atoms with E-state index in [1.807, 2.05) is 31.2 Å². The highest BCUT2D eigenvalue weighted by molar-refractivity contribution is 6.32. The number of hydrogen-bond donors (Lipinski definition) is 1. The molecule has 0 atom stereocenters. The summed E-state index contributed by atoms with van der Waals surface area (Å²) in [4.78, 5) is 18.9. The van der Waals surface area contributed by atoms with Crippen LogP contribution in [0.15, 0.2) is 36.4 Å². The molecule has 0 bridgehead atoms. The number of esters is 1. The van der Waals surface area contributed by atoms with Crippen molar-refractivity contribution < 1.29 is 19.0 Å². The molecular formula is C21H18ClN3O4. The molecule has 3 rings (SSSR count). The van der Waals surface area contributed by atoms with Crippen LogP contribution in [0.3, 0.4) is 0 Å². The van der Waals surface area contributed by atoms with E-state index < -0.39 is 5.97 Å². The van der Waals surface area contributed by atoms with Gasteiger partial charge in [0.25, 0.3) is 0 Å². The van der Waals surface area contributed by atoms with Crippen molar-refractivity contribution in [3.8, 4) is 17.6 Å². The molecule has 1 N–H and O–H groups in total. The maximum atomic E-state index is 11.4. The number of rotatable bonds is 7. The number of H-pyrrole nitrogens is 1. The van der Waals surface area contributed by atoms with Crippen LogP contribution in [0.5, 0.6) is 11.5 Å². The number of aromatic nitrogens is 2. The molecular weight excluding hydrogens is 394 g/mol. The molecule has 0 aliphatic carbocycles. The van der Waals surface area contributed by atoms with Gasteiger partial charge in [0.1, 0.15) is 11.9 Å². The zero-order valence-corrected chi connectivity index (χ0v) is 16.6. The highest BCUT2D eigenvalue weighted by atomic mass is 35.5. The number of fused-ring (bicyclic) bond motifs is 1. The Balaban J connectivity index is 1.98. The van der Waals surface area contributed by atoms with Gasteiger partial charge in [0.2, 0.25) is 0 Å². The summed E-state index contributed by atoms with van der Waals surface area (Å²) in [7, 11) is 1.27. The summed E-state index contributed by atoms with van der Waals surface area (Å²) in [6.45, 7) is 1.89. The standard InChI is InChI=1S/C21H18ClN3O4/c1-3-28-18-10-13(9-15(22)20(18)29-12-19(26)27-2)8-14(11-23)21-24-16-6-4-5-7-17(16)25-21/h4-10H,3,12H2,1-2H3,(H,24,25)/b14-8-. The predicted octanol–water partition coefficient (Wildman–Crippen LogP) is 4.23. The van der Waals surface area contributed by atoms with Gasteiger partial charge in [-0.3, -0.25) is 0 Å². The number of aromatic amines is 1. The van der Waals surface area contributed by atoms with Gasteiger partial charge in [0.05, 0.1) is 35.3 Å². The summed E-state index contributed by atoms with van der Waals surface area (Å²) in [5.74, 6) is 0.508. The van der Waals surface area contributed by atoms with Gasteiger partial charge in [-0.15, -0.1) is 0 Å². The van der Waals surface area contributed by atoms with Crippen LogP contribution in [-0.4, -0.2) is 36.3 Å². The molecule has 0 unspecified atom stereocenters. The van der Waals surface area contributed by atoms with Gasteiger partial charge in [-0.1, -0.05) is 23.7 Å². The van der Waals surface area contributed by atoms with Crippen molar-refractivity contribution >= 4 is 40.3 Å². The molecule has 0 saturated carbocycles. The van der Waals surface area contributed by atoms with E-state index in [0.717, 1.165) is 11.0 Å². The second-order valence-corrected chi connectivity index (χ2v) is 6.31. The van der Waals surface area contributed by atoms with Gasteiger partial charge in [-0.05, 0) is 42.8 Å². The molecule has 0 saturated heterocycles. The first-order valence-electron chi connectivity index (χ1n) is 8.78. The Hall–Kier alpha value is -3.50. The Labute approximate surface area is 172 Å². The number of carbonyl (C=O) groups excluding carboxylic acids is 1. The number of imidazole rings is 1. The van der Waals surface area contributed by atoms with Gasteiger partial charge in [0.15, 0.2) is 18.1 Å². The van der Waals surface area contributed by atoms with E-state index in [1.165, 1.54) is 7.11 Å². The number of halogens is 1. The van der Waals surface area contributed by atoms with Crippen LogP contribution in [0.4, 0.5) is 0 Å². The molecule has 7 nitrogen and oxygen atoms in total. The normalized spacial score (nSPS) is 11.2. The van der Waals surface area contributed by atoms with Gasteiger partial charge in [0, 0.05) is 0 Å². The number of nitrogens with zero attached hydrogens (tertiary/aromatic N) is 2. The van der Waals surface area contributed by atoms with E-state index in [-0.39, 0.29) is 17.4 Å². The average Bonchev–Trinajstić information content (AvgIpc) is 3.15. The number of nitriles is 1. The highest BCUT2D eigenvalue weighted by Crippen LogP contribution is 2.37. The Morgan fingerprint density at radius 1 is 1.31 bits per heavy atom. The van der Waals surface area contributed by atoms with Crippen LogP contribution >= 0.6 is 11.6 Å². The SMILES string of the molecule is CCOc1cc(/C=C(/C#N)c2nc3ccccc3[nH]2)cc(Cl)c1OCC(=O)OC. The number of allylic oxidation sites excluding steroid dienone is 1. The Bertz CT molecular complexity index is 1080. The van der Waals surface area contributed by atoms with Gasteiger partial charge in [-0.2, -0.15) is 5.26 Å². The van der Waals surface area contributed by atoms with E-state index in [1.54, 1.807) is 18.2 Å². The fourth-order valence-electron chi connectivity index (χ4n) is 2.66. The monoisotopic (exact) mass is 411 g/mol. The molecule has 29 heavy (non-hydrogen) atoms. The van der Waals surface area contributed by atoms with E-state index in [0.29, 0.717) is 29.3 Å². The second-order valence-electron chi connectivity index (χ2n) is 5.90. The first kappa shape index (κ1) is 20.2. The maximum Gasteiger partial charge on any atom is 0.343 e. The van der Waals surface area contributed by atoms with Gasteiger partial charge < -0.3 is 19.2 Å². The van der Waals surface area contributed by atoms with Gasteiger partial charge in [-0.25, -0.2) is 9.78 Å². The molecule has 0 aliphatic rings. The second kappa shape index (κ2) is 9.13. The predicted molar refractivity (Wildman–Crippen MR) is 110 cm³/mol. The van der Waals surface area contributed by atoms with E-state index in [9.17, 15) is 10.1 Å². The van der Waals surface area contributed by atoms with Crippen LogP contribution in [-0.2, 0) is 9.53 Å². The Morgan fingerprint density at radius 2 is 2.10 bits per heavy atom.